The lowest BCUT2D eigenvalue weighted by atomic mass is 9.96. The Kier molecular flexibility index (Phi) is 4.76. The Bertz CT molecular complexity index is 1030. The molecule has 0 spiro atoms. The van der Waals surface area contributed by atoms with Crippen LogP contribution in [0.3, 0.4) is 0 Å². The van der Waals surface area contributed by atoms with Crippen molar-refractivity contribution in [2.45, 2.75) is 45.6 Å². The van der Waals surface area contributed by atoms with Crippen molar-refractivity contribution >= 4 is 11.3 Å². The van der Waals surface area contributed by atoms with Gasteiger partial charge in [0.2, 0.25) is 0 Å². The smallest absolute Gasteiger partial charge is 0.137 e. The molecule has 4 rings (SSSR count). The third-order valence-electron chi connectivity index (χ3n) is 5.23. The van der Waals surface area contributed by atoms with E-state index in [-0.39, 0.29) is 6.10 Å². The van der Waals surface area contributed by atoms with Crippen molar-refractivity contribution in [3.8, 4) is 33.4 Å². The highest BCUT2D eigenvalue weighted by Crippen LogP contribution is 2.41. The minimum atomic E-state index is 0.0545. The third kappa shape index (κ3) is 3.38. The van der Waals surface area contributed by atoms with Crippen LogP contribution in [0, 0.1) is 11.3 Å². The van der Waals surface area contributed by atoms with Gasteiger partial charge >= 0.3 is 0 Å². The van der Waals surface area contributed by atoms with Crippen LogP contribution in [0.25, 0.3) is 21.6 Å². The molecule has 2 nitrogen and oxygen atoms in total. The van der Waals surface area contributed by atoms with Gasteiger partial charge < -0.3 is 4.74 Å². The maximum absolute atomic E-state index is 9.49. The quantitative estimate of drug-likeness (QED) is 0.504. The Labute approximate surface area is 165 Å². The first kappa shape index (κ1) is 17.8. The molecule has 0 radical (unpaired) electrons. The largest absolute Gasteiger partial charge is 0.490 e. The van der Waals surface area contributed by atoms with Crippen LogP contribution in [-0.2, 0) is 6.42 Å². The summed E-state index contributed by atoms with van der Waals surface area (Å²) in [5, 5.41) is 11.7. The normalized spacial score (nSPS) is 15.6. The van der Waals surface area contributed by atoms with Crippen LogP contribution in [0.4, 0.5) is 0 Å². The minimum absolute atomic E-state index is 0.0545. The summed E-state index contributed by atoms with van der Waals surface area (Å²) in [7, 11) is 0. The molecule has 1 aliphatic rings. The lowest BCUT2D eigenvalue weighted by Crippen LogP contribution is -2.06. The van der Waals surface area contributed by atoms with Gasteiger partial charge in [0.15, 0.2) is 0 Å². The first-order valence-electron chi connectivity index (χ1n) is 9.48. The van der Waals surface area contributed by atoms with Crippen molar-refractivity contribution in [1.82, 2.24) is 0 Å². The van der Waals surface area contributed by atoms with Crippen LogP contribution in [0.2, 0.25) is 0 Å². The zero-order valence-electron chi connectivity index (χ0n) is 16.0. The number of nitrogens with zero attached hydrogens (tertiary/aromatic N) is 1. The maximum atomic E-state index is 9.49. The van der Waals surface area contributed by atoms with E-state index in [0.717, 1.165) is 12.0 Å². The van der Waals surface area contributed by atoms with Gasteiger partial charge in [0.05, 0.1) is 11.7 Å². The molecule has 27 heavy (non-hydrogen) atoms. The second kappa shape index (κ2) is 7.21. The predicted molar refractivity (Wildman–Crippen MR) is 112 cm³/mol. The van der Waals surface area contributed by atoms with Crippen LogP contribution in [0.5, 0.6) is 5.75 Å². The van der Waals surface area contributed by atoms with Gasteiger partial charge in [-0.25, -0.2) is 0 Å². The molecule has 0 saturated heterocycles. The number of thiophene rings is 1. The van der Waals surface area contributed by atoms with E-state index in [4.69, 9.17) is 4.74 Å². The number of fused-ring (bicyclic) bond motifs is 1. The molecule has 0 fully saturated rings. The summed E-state index contributed by atoms with van der Waals surface area (Å²) in [5.74, 6) is 1.31. The van der Waals surface area contributed by atoms with Gasteiger partial charge in [0, 0.05) is 4.88 Å². The number of ether oxygens (including phenoxy) is 1. The van der Waals surface area contributed by atoms with E-state index in [1.54, 1.807) is 11.3 Å². The van der Waals surface area contributed by atoms with Gasteiger partial charge in [-0.3, -0.25) is 0 Å². The average Bonchev–Trinajstić information content (AvgIpc) is 3.29. The highest BCUT2D eigenvalue weighted by atomic mass is 32.1. The molecule has 1 atom stereocenters. The maximum Gasteiger partial charge on any atom is 0.137 e. The van der Waals surface area contributed by atoms with E-state index in [1.807, 2.05) is 32.0 Å². The summed E-state index contributed by atoms with van der Waals surface area (Å²) in [6.45, 7) is 6.26. The molecular weight excluding hydrogens is 350 g/mol. The van der Waals surface area contributed by atoms with E-state index in [2.05, 4.69) is 42.6 Å². The summed E-state index contributed by atoms with van der Waals surface area (Å²) in [6.07, 6.45) is 2.46. The molecule has 1 aromatic heterocycles. The van der Waals surface area contributed by atoms with Crippen LogP contribution >= 0.6 is 11.3 Å². The Morgan fingerprint density at radius 3 is 2.78 bits per heavy atom. The van der Waals surface area contributed by atoms with E-state index in [9.17, 15) is 5.26 Å². The van der Waals surface area contributed by atoms with Crippen molar-refractivity contribution in [2.24, 2.45) is 0 Å². The van der Waals surface area contributed by atoms with E-state index < -0.39 is 0 Å². The molecule has 1 unspecified atom stereocenters. The van der Waals surface area contributed by atoms with Crippen molar-refractivity contribution in [2.75, 3.05) is 0 Å². The topological polar surface area (TPSA) is 33.0 Å². The van der Waals surface area contributed by atoms with Crippen LogP contribution in [-0.4, -0.2) is 6.10 Å². The summed E-state index contributed by atoms with van der Waals surface area (Å²) in [6, 6.07) is 17.1. The van der Waals surface area contributed by atoms with Gasteiger partial charge in [-0.15, -0.1) is 11.3 Å². The van der Waals surface area contributed by atoms with E-state index in [1.165, 1.54) is 33.6 Å². The summed E-state index contributed by atoms with van der Waals surface area (Å²) in [4.78, 5) is 1.18. The molecule has 0 saturated carbocycles. The molecule has 136 valence electrons. The van der Waals surface area contributed by atoms with E-state index in [0.29, 0.717) is 17.2 Å². The number of hydrogen-bond donors (Lipinski definition) is 0. The number of rotatable bonds is 4. The fourth-order valence-corrected chi connectivity index (χ4v) is 4.80. The van der Waals surface area contributed by atoms with Crippen molar-refractivity contribution in [3.05, 3.63) is 64.5 Å². The predicted octanol–water partition coefficient (Wildman–Crippen LogP) is 6.79. The average molecular weight is 374 g/mol. The standard InChI is InChI=1S/C24H23NOS/c1-15(2)26-23-10-8-17(11-18(23)13-25)24-12-19(14-27-24)21-6-4-5-20-16(3)7-9-22(20)21/h4-6,8,10-12,14-16H,7,9H2,1-3H3. The van der Waals surface area contributed by atoms with Crippen LogP contribution in [0.1, 0.15) is 49.8 Å². The SMILES string of the molecule is CC(C)Oc1ccc(-c2cc(-c3cccc4c3CCC4C)cs2)cc1C#N. The lowest BCUT2D eigenvalue weighted by molar-refractivity contribution is 0.242. The monoisotopic (exact) mass is 373 g/mol. The first-order valence-corrected chi connectivity index (χ1v) is 10.4. The van der Waals surface area contributed by atoms with Crippen molar-refractivity contribution < 1.29 is 4.74 Å². The first-order chi connectivity index (χ1) is 13.1. The van der Waals surface area contributed by atoms with Gasteiger partial charge in [-0.1, -0.05) is 25.1 Å². The molecule has 3 heteroatoms. The summed E-state index contributed by atoms with van der Waals surface area (Å²) < 4.78 is 5.74. The summed E-state index contributed by atoms with van der Waals surface area (Å²) in [5.41, 5.74) is 7.31. The Hall–Kier alpha value is -2.57. The van der Waals surface area contributed by atoms with Gasteiger partial charge in [-0.05, 0) is 90.1 Å². The second-order valence-electron chi connectivity index (χ2n) is 7.50. The minimum Gasteiger partial charge on any atom is -0.490 e. The van der Waals surface area contributed by atoms with Gasteiger partial charge in [0.1, 0.15) is 11.8 Å². The van der Waals surface area contributed by atoms with Crippen molar-refractivity contribution in [1.29, 1.82) is 5.26 Å². The summed E-state index contributed by atoms with van der Waals surface area (Å²) >= 11 is 1.73. The number of benzene rings is 2. The Morgan fingerprint density at radius 2 is 2.00 bits per heavy atom. The highest BCUT2D eigenvalue weighted by Gasteiger charge is 2.22. The Morgan fingerprint density at radius 1 is 1.15 bits per heavy atom. The highest BCUT2D eigenvalue weighted by molar-refractivity contribution is 7.14. The zero-order chi connectivity index (χ0) is 19.0. The molecule has 1 heterocycles. The van der Waals surface area contributed by atoms with Crippen molar-refractivity contribution in [3.63, 3.8) is 0 Å². The molecule has 0 amide bonds. The fraction of sp³-hybridized carbons (Fsp3) is 0.292. The third-order valence-corrected chi connectivity index (χ3v) is 6.21. The number of nitriles is 1. The molecule has 2 aromatic carbocycles. The van der Waals surface area contributed by atoms with Gasteiger partial charge in [0.25, 0.3) is 0 Å². The molecule has 0 bridgehead atoms. The molecule has 1 aliphatic carbocycles. The molecular formula is C24H23NOS. The van der Waals surface area contributed by atoms with Crippen LogP contribution < -0.4 is 4.74 Å². The molecule has 0 aliphatic heterocycles. The Balaban J connectivity index is 1.69. The van der Waals surface area contributed by atoms with Gasteiger partial charge in [-0.2, -0.15) is 5.26 Å². The second-order valence-corrected chi connectivity index (χ2v) is 8.41. The van der Waals surface area contributed by atoms with E-state index >= 15 is 0 Å². The zero-order valence-corrected chi connectivity index (χ0v) is 16.8. The lowest BCUT2D eigenvalue weighted by Gasteiger charge is -2.11. The van der Waals surface area contributed by atoms with Crippen LogP contribution in [0.15, 0.2) is 47.8 Å². The number of hydrogen-bond acceptors (Lipinski definition) is 3. The molecule has 3 aromatic rings. The fourth-order valence-electron chi connectivity index (χ4n) is 3.89. The molecule has 0 N–H and O–H groups in total.